The van der Waals surface area contributed by atoms with Crippen molar-refractivity contribution in [3.63, 3.8) is 0 Å². The minimum Gasteiger partial charge on any atom is -0.490 e. The summed E-state index contributed by atoms with van der Waals surface area (Å²) in [5.74, 6) is -1.36. The maximum absolute atomic E-state index is 10.1. The van der Waals surface area contributed by atoms with E-state index in [4.69, 9.17) is 15.3 Å². The summed E-state index contributed by atoms with van der Waals surface area (Å²) in [6.07, 6.45) is 1.27. The van der Waals surface area contributed by atoms with Crippen molar-refractivity contribution in [2.75, 3.05) is 7.11 Å². The lowest BCUT2D eigenvalue weighted by Gasteiger charge is -1.97. The SMILES string of the molecule is COC(=CC[CH][O])C(=O)O.[CH2][CH][O].[CH2][CH][O]. The van der Waals surface area contributed by atoms with E-state index in [1.807, 2.05) is 0 Å². The fourth-order valence-corrected chi connectivity index (χ4v) is 0.413. The van der Waals surface area contributed by atoms with Gasteiger partial charge in [-0.25, -0.2) is 20.1 Å². The molecule has 6 nitrogen and oxygen atoms in total. The van der Waals surface area contributed by atoms with Crippen molar-refractivity contribution in [1.82, 2.24) is 0 Å². The molecule has 0 unspecified atom stereocenters. The van der Waals surface area contributed by atoms with E-state index in [1.165, 1.54) is 13.2 Å². The second-order valence-electron chi connectivity index (χ2n) is 1.81. The molecule has 0 atom stereocenters. The minimum absolute atomic E-state index is 0.0650. The molecule has 16 heavy (non-hydrogen) atoms. The molecule has 0 amide bonds. The fraction of sp³-hybridized carbons (Fsp3) is 0.200. The molecule has 1 N–H and O–H groups in total. The van der Waals surface area contributed by atoms with Crippen molar-refractivity contribution in [3.8, 4) is 0 Å². The van der Waals surface area contributed by atoms with Gasteiger partial charge < -0.3 is 9.84 Å². The normalized spacial score (nSPS) is 9.25. The summed E-state index contributed by atoms with van der Waals surface area (Å²) in [5.41, 5.74) is 0. The average molecular weight is 230 g/mol. The molecule has 90 valence electrons. The molecular weight excluding hydrogens is 216 g/mol. The van der Waals surface area contributed by atoms with Crippen LogP contribution in [0.25, 0.3) is 0 Å². The monoisotopic (exact) mass is 230 g/mol. The number of carbonyl (C=O) groups is 1. The van der Waals surface area contributed by atoms with Gasteiger partial charge in [-0.2, -0.15) is 0 Å². The largest absolute Gasteiger partial charge is 0.490 e. The molecule has 0 heterocycles. The van der Waals surface area contributed by atoms with E-state index >= 15 is 0 Å². The summed E-state index contributed by atoms with van der Waals surface area (Å²) in [5, 5.41) is 35.4. The first-order valence-corrected chi connectivity index (χ1v) is 3.92. The van der Waals surface area contributed by atoms with Gasteiger partial charge in [0.25, 0.3) is 0 Å². The molecule has 8 radical (unpaired) electrons. The van der Waals surface area contributed by atoms with Crippen LogP contribution in [0.5, 0.6) is 0 Å². The average Bonchev–Trinajstić information content (AvgIpc) is 2.21. The van der Waals surface area contributed by atoms with E-state index in [1.54, 1.807) is 0 Å². The summed E-state index contributed by atoms with van der Waals surface area (Å²) in [6, 6.07) is 0. The first kappa shape index (κ1) is 20.3. The molecule has 0 bridgehead atoms. The van der Waals surface area contributed by atoms with Gasteiger partial charge in [0, 0.05) is 6.42 Å². The van der Waals surface area contributed by atoms with Gasteiger partial charge in [-0.3, -0.25) is 0 Å². The minimum atomic E-state index is -1.16. The summed E-state index contributed by atoms with van der Waals surface area (Å²) >= 11 is 0. The zero-order valence-electron chi connectivity index (χ0n) is 8.92. The maximum atomic E-state index is 10.1. The number of rotatable bonds is 4. The smallest absolute Gasteiger partial charge is 0.370 e. The summed E-state index contributed by atoms with van der Waals surface area (Å²) < 4.78 is 4.42. The van der Waals surface area contributed by atoms with Crippen molar-refractivity contribution < 1.29 is 30.0 Å². The van der Waals surface area contributed by atoms with Gasteiger partial charge in [0.05, 0.1) is 7.11 Å². The van der Waals surface area contributed by atoms with E-state index in [2.05, 4.69) is 18.6 Å². The summed E-state index contributed by atoms with van der Waals surface area (Å²) in [6.45, 7) is 7.21. The zero-order valence-corrected chi connectivity index (χ0v) is 8.92. The lowest BCUT2D eigenvalue weighted by molar-refractivity contribution is -0.136. The van der Waals surface area contributed by atoms with Gasteiger partial charge in [-0.05, 0) is 19.9 Å². The number of aliphatic carboxylic acids is 1. The molecule has 0 aromatic rings. The number of methoxy groups -OCH3 is 1. The van der Waals surface area contributed by atoms with Crippen molar-refractivity contribution >= 4 is 5.97 Å². The molecule has 0 aliphatic rings. The van der Waals surface area contributed by atoms with Crippen LogP contribution in [0.1, 0.15) is 6.42 Å². The molecule has 0 aromatic carbocycles. The molecule has 0 aliphatic carbocycles. The third kappa shape index (κ3) is 23.1. The Labute approximate surface area is 95.8 Å². The van der Waals surface area contributed by atoms with Crippen LogP contribution in [0.4, 0.5) is 0 Å². The Balaban J connectivity index is -0.000000235. The van der Waals surface area contributed by atoms with Crippen LogP contribution in [-0.4, -0.2) is 18.2 Å². The molecule has 0 aromatic heterocycles. The van der Waals surface area contributed by atoms with Gasteiger partial charge in [0.1, 0.15) is 19.8 Å². The third-order valence-corrected chi connectivity index (χ3v) is 0.830. The van der Waals surface area contributed by atoms with Crippen LogP contribution in [0.15, 0.2) is 11.8 Å². The number of hydrogen-bond donors (Lipinski definition) is 1. The summed E-state index contributed by atoms with van der Waals surface area (Å²) in [4.78, 5) is 10.1. The Morgan fingerprint density at radius 2 is 1.62 bits per heavy atom. The van der Waals surface area contributed by atoms with Crippen LogP contribution < -0.4 is 0 Å². The second-order valence-corrected chi connectivity index (χ2v) is 1.81. The van der Waals surface area contributed by atoms with Crippen LogP contribution in [0.3, 0.4) is 0 Å². The Bertz CT molecular complexity index is 165. The van der Waals surface area contributed by atoms with Crippen molar-refractivity contribution in [1.29, 1.82) is 0 Å². The van der Waals surface area contributed by atoms with Crippen molar-refractivity contribution in [2.45, 2.75) is 6.42 Å². The Hall–Kier alpha value is -1.11. The first-order chi connectivity index (χ1) is 7.55. The molecule has 0 saturated heterocycles. The second kappa shape index (κ2) is 19.5. The molecule has 0 saturated carbocycles. The quantitative estimate of drug-likeness (QED) is 0.582. The first-order valence-electron chi connectivity index (χ1n) is 3.92. The predicted molar refractivity (Wildman–Crippen MR) is 53.0 cm³/mol. The Kier molecular flexibility index (Phi) is 24.7. The van der Waals surface area contributed by atoms with Crippen LogP contribution in [0.2, 0.25) is 0 Å². The van der Waals surface area contributed by atoms with Crippen LogP contribution in [-0.2, 0) is 24.9 Å². The van der Waals surface area contributed by atoms with Gasteiger partial charge in [-0.15, -0.1) is 0 Å². The van der Waals surface area contributed by atoms with E-state index in [0.717, 1.165) is 0 Å². The Morgan fingerprint density at radius 3 is 1.81 bits per heavy atom. The van der Waals surface area contributed by atoms with Gasteiger partial charge in [-0.1, -0.05) is 0 Å². The topological polar surface area (TPSA) is 106 Å². The molecule has 0 fully saturated rings. The predicted octanol–water partition coefficient (Wildman–Crippen LogP) is 1.41. The van der Waals surface area contributed by atoms with Gasteiger partial charge in [0.15, 0.2) is 5.76 Å². The van der Waals surface area contributed by atoms with E-state index in [-0.39, 0.29) is 12.2 Å². The molecular formula is C10H14O6. The number of carboxylic acids is 1. The summed E-state index contributed by atoms with van der Waals surface area (Å²) in [7, 11) is 1.24. The highest BCUT2D eigenvalue weighted by molar-refractivity contribution is 5.84. The molecule has 0 rings (SSSR count). The zero-order chi connectivity index (χ0) is 13.4. The van der Waals surface area contributed by atoms with E-state index < -0.39 is 5.97 Å². The Morgan fingerprint density at radius 1 is 1.25 bits per heavy atom. The lowest BCUT2D eigenvalue weighted by Crippen LogP contribution is -2.01. The van der Waals surface area contributed by atoms with E-state index in [0.29, 0.717) is 19.8 Å². The number of carboxylic acid groups (broad SMARTS) is 1. The van der Waals surface area contributed by atoms with Crippen molar-refractivity contribution in [2.24, 2.45) is 0 Å². The lowest BCUT2D eigenvalue weighted by atomic mass is 10.3. The highest BCUT2D eigenvalue weighted by Gasteiger charge is 2.04. The highest BCUT2D eigenvalue weighted by atomic mass is 16.5. The molecule has 0 aliphatic heterocycles. The van der Waals surface area contributed by atoms with Gasteiger partial charge in [0.2, 0.25) is 0 Å². The van der Waals surface area contributed by atoms with Crippen molar-refractivity contribution in [3.05, 3.63) is 45.5 Å². The number of ether oxygens (including phenoxy) is 1. The van der Waals surface area contributed by atoms with Crippen LogP contribution in [0, 0.1) is 33.7 Å². The standard InChI is InChI=1S/C6H8O4.2C2H3O/c1-10-5(6(8)9)3-2-4-7;2*1-2-3/h3-4H,2H2,1H3,(H,8,9);2*2H,1H2. The number of hydrogen-bond acceptors (Lipinski definition) is 2. The molecule has 6 heteroatoms. The van der Waals surface area contributed by atoms with Crippen LogP contribution >= 0.6 is 0 Å². The highest BCUT2D eigenvalue weighted by Crippen LogP contribution is 1.97. The maximum Gasteiger partial charge on any atom is 0.370 e. The van der Waals surface area contributed by atoms with Gasteiger partial charge >= 0.3 is 5.97 Å². The van der Waals surface area contributed by atoms with E-state index in [9.17, 15) is 9.90 Å². The molecule has 0 spiro atoms. The fourth-order valence-electron chi connectivity index (χ4n) is 0.413. The third-order valence-electron chi connectivity index (χ3n) is 0.830.